The van der Waals surface area contributed by atoms with Gasteiger partial charge in [-0.25, -0.2) is 4.98 Å². The van der Waals surface area contributed by atoms with Gasteiger partial charge in [0.15, 0.2) is 5.96 Å². The summed E-state index contributed by atoms with van der Waals surface area (Å²) in [6, 6.07) is 10.7. The Labute approximate surface area is 207 Å². The van der Waals surface area contributed by atoms with E-state index in [4.69, 9.17) is 4.74 Å². The molecule has 6 nitrogen and oxygen atoms in total. The van der Waals surface area contributed by atoms with E-state index in [0.29, 0.717) is 6.10 Å². The number of aromatic nitrogens is 1. The summed E-state index contributed by atoms with van der Waals surface area (Å²) in [7, 11) is 1.81. The molecule has 1 aliphatic heterocycles. The third-order valence-corrected chi connectivity index (χ3v) is 6.25. The van der Waals surface area contributed by atoms with Crippen molar-refractivity contribution in [1.29, 1.82) is 0 Å². The van der Waals surface area contributed by atoms with Gasteiger partial charge in [-0.3, -0.25) is 9.89 Å². The van der Waals surface area contributed by atoms with Crippen LogP contribution >= 0.6 is 35.3 Å². The average Bonchev–Trinajstić information content (AvgIpc) is 3.19. The highest BCUT2D eigenvalue weighted by atomic mass is 127. The highest BCUT2D eigenvalue weighted by molar-refractivity contribution is 14.0. The second-order valence-corrected chi connectivity index (χ2v) is 9.05. The molecule has 0 aliphatic carbocycles. The van der Waals surface area contributed by atoms with E-state index in [1.54, 1.807) is 11.3 Å². The van der Waals surface area contributed by atoms with Gasteiger partial charge in [-0.15, -0.1) is 35.3 Å². The van der Waals surface area contributed by atoms with Crippen molar-refractivity contribution in [3.8, 4) is 0 Å². The van der Waals surface area contributed by atoms with Crippen LogP contribution in [0.3, 0.4) is 0 Å². The Balaban J connectivity index is 0.00000341. The monoisotopic (exact) mass is 557 g/mol. The number of aliphatic imine (C=N–C) groups is 1. The first kappa shape index (κ1) is 26.0. The van der Waals surface area contributed by atoms with E-state index >= 15 is 0 Å². The van der Waals surface area contributed by atoms with E-state index in [1.807, 2.05) is 13.2 Å². The molecule has 0 bridgehead atoms. The van der Waals surface area contributed by atoms with E-state index < -0.39 is 0 Å². The van der Waals surface area contributed by atoms with Gasteiger partial charge >= 0.3 is 0 Å². The molecule has 1 saturated heterocycles. The molecule has 2 aromatic rings. The molecule has 0 spiro atoms. The van der Waals surface area contributed by atoms with Gasteiger partial charge in [0.1, 0.15) is 0 Å². The minimum Gasteiger partial charge on any atom is -0.378 e. The van der Waals surface area contributed by atoms with Crippen LogP contribution in [0.25, 0.3) is 0 Å². The molecule has 31 heavy (non-hydrogen) atoms. The summed E-state index contributed by atoms with van der Waals surface area (Å²) in [5.41, 5.74) is 1.40. The summed E-state index contributed by atoms with van der Waals surface area (Å²) in [5, 5.41) is 7.88. The van der Waals surface area contributed by atoms with E-state index in [9.17, 15) is 0 Å². The van der Waals surface area contributed by atoms with Crippen LogP contribution in [0.4, 0.5) is 0 Å². The number of rotatable bonds is 10. The smallest absolute Gasteiger partial charge is 0.190 e. The van der Waals surface area contributed by atoms with Crippen molar-refractivity contribution in [1.82, 2.24) is 20.5 Å². The maximum atomic E-state index is 6.10. The van der Waals surface area contributed by atoms with Gasteiger partial charge in [0.25, 0.3) is 0 Å². The number of guanidine groups is 1. The number of aryl methyl sites for hydroxylation is 1. The molecule has 1 aliphatic rings. The van der Waals surface area contributed by atoms with Crippen LogP contribution in [0, 0.1) is 6.92 Å². The van der Waals surface area contributed by atoms with Crippen LogP contribution in [0.5, 0.6) is 0 Å². The third kappa shape index (κ3) is 9.84. The lowest BCUT2D eigenvalue weighted by Gasteiger charge is -2.32. The molecule has 2 N–H and O–H groups in total. The number of ether oxygens (including phenoxy) is 1. The number of hydrogen-bond acceptors (Lipinski definition) is 5. The number of nitrogens with one attached hydrogen (secondary N) is 2. The van der Waals surface area contributed by atoms with Crippen molar-refractivity contribution >= 4 is 41.3 Å². The highest BCUT2D eigenvalue weighted by Crippen LogP contribution is 2.16. The van der Waals surface area contributed by atoms with E-state index in [1.165, 1.54) is 15.4 Å². The third-order valence-electron chi connectivity index (χ3n) is 5.27. The Kier molecular flexibility index (Phi) is 12.4. The number of thiazole rings is 1. The Bertz CT molecular complexity index is 762. The van der Waals surface area contributed by atoms with Crippen LogP contribution in [0.2, 0.25) is 0 Å². The Hall–Kier alpha value is -1.23. The predicted octanol–water partition coefficient (Wildman–Crippen LogP) is 3.85. The van der Waals surface area contributed by atoms with Crippen LogP contribution in [-0.4, -0.2) is 61.8 Å². The fraction of sp³-hybridized carbons (Fsp3) is 0.565. The van der Waals surface area contributed by atoms with Crippen molar-refractivity contribution in [2.24, 2.45) is 4.99 Å². The first-order chi connectivity index (χ1) is 14.7. The molecule has 1 aromatic heterocycles. The zero-order valence-electron chi connectivity index (χ0n) is 18.7. The van der Waals surface area contributed by atoms with E-state index in [-0.39, 0.29) is 24.0 Å². The molecule has 8 heteroatoms. The molecule has 0 atom stereocenters. The lowest BCUT2D eigenvalue weighted by molar-refractivity contribution is 0.00534. The van der Waals surface area contributed by atoms with E-state index in [0.717, 1.165) is 71.0 Å². The lowest BCUT2D eigenvalue weighted by Crippen LogP contribution is -2.39. The van der Waals surface area contributed by atoms with Gasteiger partial charge in [-0.1, -0.05) is 30.3 Å². The standard InChI is InChI=1S/C23H35N5OS.HI/c1-19-17-27-22(30-19)9-13-26-23(24-2)25-12-6-16-29-21-10-14-28(15-11-21)18-20-7-4-3-5-8-20;/h3-5,7-8,17,21H,6,9-16,18H2,1-2H3,(H2,24,25,26);1H. The minimum atomic E-state index is 0. The number of piperidine rings is 1. The fourth-order valence-electron chi connectivity index (χ4n) is 3.63. The summed E-state index contributed by atoms with van der Waals surface area (Å²) >= 11 is 1.75. The number of likely N-dealkylation sites (tertiary alicyclic amines) is 1. The molecular formula is C23H36IN5OS. The predicted molar refractivity (Wildman–Crippen MR) is 141 cm³/mol. The van der Waals surface area contributed by atoms with Crippen molar-refractivity contribution in [2.75, 3.05) is 39.8 Å². The number of nitrogens with zero attached hydrogens (tertiary/aromatic N) is 3. The van der Waals surface area contributed by atoms with Gasteiger partial charge < -0.3 is 15.4 Å². The zero-order chi connectivity index (χ0) is 21.0. The van der Waals surface area contributed by atoms with Crippen LogP contribution < -0.4 is 10.6 Å². The summed E-state index contributed by atoms with van der Waals surface area (Å²) in [6.07, 6.45) is 6.48. The van der Waals surface area contributed by atoms with Crippen molar-refractivity contribution in [2.45, 2.75) is 45.3 Å². The summed E-state index contributed by atoms with van der Waals surface area (Å²) < 4.78 is 6.10. The Morgan fingerprint density at radius 2 is 1.94 bits per heavy atom. The maximum absolute atomic E-state index is 6.10. The second kappa shape index (κ2) is 14.8. The van der Waals surface area contributed by atoms with Crippen molar-refractivity contribution in [3.05, 3.63) is 52.0 Å². The minimum absolute atomic E-state index is 0. The quantitative estimate of drug-likeness (QED) is 0.201. The molecule has 0 radical (unpaired) electrons. The summed E-state index contributed by atoms with van der Waals surface area (Å²) in [4.78, 5) is 12.5. The molecule has 0 saturated carbocycles. The molecule has 3 rings (SSSR count). The normalized spacial score (nSPS) is 15.5. The van der Waals surface area contributed by atoms with Crippen LogP contribution in [0.15, 0.2) is 41.5 Å². The Morgan fingerprint density at radius 3 is 2.61 bits per heavy atom. The fourth-order valence-corrected chi connectivity index (χ4v) is 4.42. The Morgan fingerprint density at radius 1 is 1.19 bits per heavy atom. The van der Waals surface area contributed by atoms with Gasteiger partial charge in [0.05, 0.1) is 11.1 Å². The first-order valence-electron chi connectivity index (χ1n) is 11.0. The zero-order valence-corrected chi connectivity index (χ0v) is 21.8. The first-order valence-corrected chi connectivity index (χ1v) is 11.8. The molecule has 2 heterocycles. The van der Waals surface area contributed by atoms with E-state index in [2.05, 4.69) is 62.8 Å². The summed E-state index contributed by atoms with van der Waals surface area (Å²) in [6.45, 7) is 7.87. The van der Waals surface area contributed by atoms with Crippen molar-refractivity contribution < 1.29 is 4.74 Å². The molecule has 0 amide bonds. The van der Waals surface area contributed by atoms with Gasteiger partial charge in [0, 0.05) is 63.9 Å². The van der Waals surface area contributed by atoms with Gasteiger partial charge in [-0.05, 0) is 31.7 Å². The number of halogens is 1. The largest absolute Gasteiger partial charge is 0.378 e. The summed E-state index contributed by atoms with van der Waals surface area (Å²) in [5.74, 6) is 0.845. The topological polar surface area (TPSA) is 61.8 Å². The second-order valence-electron chi connectivity index (χ2n) is 7.73. The molecular weight excluding hydrogens is 521 g/mol. The molecule has 172 valence electrons. The van der Waals surface area contributed by atoms with Crippen LogP contribution in [0.1, 0.15) is 34.7 Å². The highest BCUT2D eigenvalue weighted by Gasteiger charge is 2.19. The van der Waals surface area contributed by atoms with Crippen LogP contribution in [-0.2, 0) is 17.7 Å². The van der Waals surface area contributed by atoms with Gasteiger partial charge in [0.2, 0.25) is 0 Å². The molecule has 1 fully saturated rings. The number of hydrogen-bond donors (Lipinski definition) is 2. The van der Waals surface area contributed by atoms with Crippen molar-refractivity contribution in [3.63, 3.8) is 0 Å². The number of benzene rings is 1. The average molecular weight is 558 g/mol. The lowest BCUT2D eigenvalue weighted by atomic mass is 10.1. The molecule has 1 aromatic carbocycles. The SMILES string of the molecule is CN=C(NCCCOC1CCN(Cc2ccccc2)CC1)NCCc1ncc(C)s1.I. The molecule has 0 unspecified atom stereocenters. The van der Waals surface area contributed by atoms with Gasteiger partial charge in [-0.2, -0.15) is 0 Å². The maximum Gasteiger partial charge on any atom is 0.190 e.